The Kier molecular flexibility index (Phi) is 3.70. The van der Waals surface area contributed by atoms with Crippen LogP contribution < -0.4 is 0 Å². The van der Waals surface area contributed by atoms with Crippen molar-refractivity contribution in [2.45, 2.75) is 6.18 Å². The standard InChI is InChI=1S/C15H9F3O2/c16-15(17,18)14-7-11(9-20)3-6-13(14)12-4-1-10(8-19)2-5-12/h1-9H. The third-order valence-corrected chi connectivity index (χ3v) is 2.84. The Bertz CT molecular complexity index is 643. The van der Waals surface area contributed by atoms with E-state index in [-0.39, 0.29) is 11.1 Å². The molecule has 0 bridgehead atoms. The Labute approximate surface area is 112 Å². The maximum Gasteiger partial charge on any atom is 0.417 e. The highest BCUT2D eigenvalue weighted by molar-refractivity contribution is 5.80. The molecule has 0 amide bonds. The summed E-state index contributed by atoms with van der Waals surface area (Å²) in [6.07, 6.45) is -3.57. The first-order chi connectivity index (χ1) is 9.45. The number of hydrogen-bond donors (Lipinski definition) is 0. The summed E-state index contributed by atoms with van der Waals surface area (Å²) in [5.41, 5.74) is -0.223. The Balaban J connectivity index is 2.60. The van der Waals surface area contributed by atoms with E-state index in [1.165, 1.54) is 36.4 Å². The highest BCUT2D eigenvalue weighted by Gasteiger charge is 2.33. The summed E-state index contributed by atoms with van der Waals surface area (Å²) in [6, 6.07) is 9.15. The van der Waals surface area contributed by atoms with Crippen LogP contribution in [0.4, 0.5) is 13.2 Å². The van der Waals surface area contributed by atoms with Crippen molar-refractivity contribution in [3.8, 4) is 11.1 Å². The van der Waals surface area contributed by atoms with Gasteiger partial charge in [0.25, 0.3) is 0 Å². The molecule has 0 aliphatic heterocycles. The van der Waals surface area contributed by atoms with E-state index in [2.05, 4.69) is 0 Å². The maximum atomic E-state index is 13.0. The van der Waals surface area contributed by atoms with Crippen molar-refractivity contribution in [1.29, 1.82) is 0 Å². The van der Waals surface area contributed by atoms with Crippen LogP contribution in [-0.2, 0) is 6.18 Å². The fourth-order valence-electron chi connectivity index (χ4n) is 1.86. The van der Waals surface area contributed by atoms with Crippen LogP contribution in [0.2, 0.25) is 0 Å². The quantitative estimate of drug-likeness (QED) is 0.795. The molecule has 0 saturated heterocycles. The zero-order valence-electron chi connectivity index (χ0n) is 10.1. The summed E-state index contributed by atoms with van der Waals surface area (Å²) in [6.45, 7) is 0. The maximum absolute atomic E-state index is 13.0. The van der Waals surface area contributed by atoms with Crippen molar-refractivity contribution >= 4 is 12.6 Å². The molecule has 20 heavy (non-hydrogen) atoms. The first-order valence-electron chi connectivity index (χ1n) is 5.68. The topological polar surface area (TPSA) is 34.1 Å². The van der Waals surface area contributed by atoms with Crippen LogP contribution in [0.5, 0.6) is 0 Å². The number of rotatable bonds is 3. The summed E-state index contributed by atoms with van der Waals surface area (Å²) in [5.74, 6) is 0. The molecule has 0 atom stereocenters. The van der Waals surface area contributed by atoms with Crippen LogP contribution >= 0.6 is 0 Å². The first-order valence-corrected chi connectivity index (χ1v) is 5.68. The molecule has 0 N–H and O–H groups in total. The molecule has 0 radical (unpaired) electrons. The minimum absolute atomic E-state index is 0.0273. The van der Waals surface area contributed by atoms with Gasteiger partial charge >= 0.3 is 6.18 Å². The predicted octanol–water partition coefficient (Wildman–Crippen LogP) is 4.00. The lowest BCUT2D eigenvalue weighted by Crippen LogP contribution is -2.08. The minimum Gasteiger partial charge on any atom is -0.298 e. The summed E-state index contributed by atoms with van der Waals surface area (Å²) in [7, 11) is 0. The van der Waals surface area contributed by atoms with Crippen LogP contribution in [0.15, 0.2) is 42.5 Å². The van der Waals surface area contributed by atoms with E-state index in [1.54, 1.807) is 0 Å². The van der Waals surface area contributed by atoms with Gasteiger partial charge in [0.2, 0.25) is 0 Å². The fourth-order valence-corrected chi connectivity index (χ4v) is 1.86. The summed E-state index contributed by atoms with van der Waals surface area (Å²) in [4.78, 5) is 21.2. The molecule has 2 rings (SSSR count). The lowest BCUT2D eigenvalue weighted by atomic mass is 9.96. The van der Waals surface area contributed by atoms with Gasteiger partial charge < -0.3 is 0 Å². The van der Waals surface area contributed by atoms with Crippen LogP contribution in [-0.4, -0.2) is 12.6 Å². The second-order valence-corrected chi connectivity index (χ2v) is 4.16. The van der Waals surface area contributed by atoms with E-state index >= 15 is 0 Å². The van der Waals surface area contributed by atoms with Crippen LogP contribution in [0.3, 0.4) is 0 Å². The van der Waals surface area contributed by atoms with E-state index in [9.17, 15) is 22.8 Å². The average Bonchev–Trinajstić information content (AvgIpc) is 2.46. The van der Waals surface area contributed by atoms with E-state index in [0.29, 0.717) is 23.7 Å². The SMILES string of the molecule is O=Cc1ccc(-c2ccc(C=O)cc2C(F)(F)F)cc1. The molecule has 0 spiro atoms. The number of alkyl halides is 3. The van der Waals surface area contributed by atoms with E-state index in [0.717, 1.165) is 6.07 Å². The Morgan fingerprint density at radius 2 is 1.35 bits per heavy atom. The molecular weight excluding hydrogens is 269 g/mol. The van der Waals surface area contributed by atoms with Crippen molar-refractivity contribution in [3.63, 3.8) is 0 Å². The number of carbonyl (C=O) groups excluding carboxylic acids is 2. The van der Waals surface area contributed by atoms with Crippen molar-refractivity contribution in [2.24, 2.45) is 0 Å². The number of aldehydes is 2. The van der Waals surface area contributed by atoms with Gasteiger partial charge in [-0.25, -0.2) is 0 Å². The number of carbonyl (C=O) groups is 2. The summed E-state index contributed by atoms with van der Waals surface area (Å²) in [5, 5.41) is 0. The minimum atomic E-state index is -4.56. The molecule has 0 fully saturated rings. The van der Waals surface area contributed by atoms with E-state index in [1.807, 2.05) is 0 Å². The molecule has 5 heteroatoms. The average molecular weight is 278 g/mol. The van der Waals surface area contributed by atoms with Gasteiger partial charge in [-0.1, -0.05) is 36.4 Å². The molecule has 2 nitrogen and oxygen atoms in total. The summed E-state index contributed by atoms with van der Waals surface area (Å²) >= 11 is 0. The molecule has 0 saturated carbocycles. The van der Waals surface area contributed by atoms with Gasteiger partial charge in [-0.2, -0.15) is 13.2 Å². The summed E-state index contributed by atoms with van der Waals surface area (Å²) < 4.78 is 39.1. The lowest BCUT2D eigenvalue weighted by molar-refractivity contribution is -0.137. The third kappa shape index (κ3) is 2.77. The smallest absolute Gasteiger partial charge is 0.298 e. The molecule has 102 valence electrons. The Hall–Kier alpha value is -2.43. The zero-order valence-corrected chi connectivity index (χ0v) is 10.1. The fraction of sp³-hybridized carbons (Fsp3) is 0.0667. The van der Waals surface area contributed by atoms with E-state index in [4.69, 9.17) is 0 Å². The van der Waals surface area contributed by atoms with Gasteiger partial charge in [-0.15, -0.1) is 0 Å². The molecule has 2 aromatic rings. The highest BCUT2D eigenvalue weighted by Crippen LogP contribution is 2.37. The predicted molar refractivity (Wildman–Crippen MR) is 67.7 cm³/mol. The first kappa shape index (κ1) is 14.0. The van der Waals surface area contributed by atoms with Crippen molar-refractivity contribution in [2.75, 3.05) is 0 Å². The number of hydrogen-bond acceptors (Lipinski definition) is 2. The Morgan fingerprint density at radius 3 is 1.85 bits per heavy atom. The number of benzene rings is 2. The largest absolute Gasteiger partial charge is 0.417 e. The number of halogens is 3. The molecule has 0 unspecified atom stereocenters. The highest BCUT2D eigenvalue weighted by atomic mass is 19.4. The second-order valence-electron chi connectivity index (χ2n) is 4.16. The van der Waals surface area contributed by atoms with Gasteiger partial charge in [-0.05, 0) is 17.2 Å². The van der Waals surface area contributed by atoms with Crippen LogP contribution in [0.1, 0.15) is 26.3 Å². The van der Waals surface area contributed by atoms with Crippen LogP contribution in [0, 0.1) is 0 Å². The Morgan fingerprint density at radius 1 is 0.800 bits per heavy atom. The lowest BCUT2D eigenvalue weighted by Gasteiger charge is -2.13. The molecule has 0 heterocycles. The normalized spacial score (nSPS) is 11.2. The monoisotopic (exact) mass is 278 g/mol. The van der Waals surface area contributed by atoms with Gasteiger partial charge in [-0.3, -0.25) is 9.59 Å². The van der Waals surface area contributed by atoms with Gasteiger partial charge in [0, 0.05) is 11.1 Å². The van der Waals surface area contributed by atoms with Gasteiger partial charge in [0.1, 0.15) is 12.6 Å². The van der Waals surface area contributed by atoms with Crippen molar-refractivity contribution in [3.05, 3.63) is 59.2 Å². The molecule has 2 aromatic carbocycles. The van der Waals surface area contributed by atoms with Crippen LogP contribution in [0.25, 0.3) is 11.1 Å². The zero-order chi connectivity index (χ0) is 14.8. The van der Waals surface area contributed by atoms with Gasteiger partial charge in [0.15, 0.2) is 0 Å². The molecular formula is C15H9F3O2. The molecule has 0 aromatic heterocycles. The molecule has 0 aliphatic carbocycles. The van der Waals surface area contributed by atoms with Crippen molar-refractivity contribution in [1.82, 2.24) is 0 Å². The van der Waals surface area contributed by atoms with Crippen molar-refractivity contribution < 1.29 is 22.8 Å². The van der Waals surface area contributed by atoms with E-state index < -0.39 is 11.7 Å². The second kappa shape index (κ2) is 5.28. The molecule has 0 aliphatic rings. The third-order valence-electron chi connectivity index (χ3n) is 2.84. The van der Waals surface area contributed by atoms with Gasteiger partial charge in [0.05, 0.1) is 5.56 Å².